The van der Waals surface area contributed by atoms with Gasteiger partial charge in [-0.1, -0.05) is 29.8 Å². The number of nitrogens with one attached hydrogen (secondary N) is 1. The number of para-hydroxylation sites is 1. The van der Waals surface area contributed by atoms with Crippen LogP contribution in [0.4, 0.5) is 5.69 Å². The third kappa shape index (κ3) is 5.15. The van der Waals surface area contributed by atoms with Gasteiger partial charge in [-0.2, -0.15) is 0 Å². The predicted molar refractivity (Wildman–Crippen MR) is 133 cm³/mol. The van der Waals surface area contributed by atoms with Crippen LogP contribution < -0.4 is 10.2 Å². The second-order valence-corrected chi connectivity index (χ2v) is 7.36. The van der Waals surface area contributed by atoms with Crippen LogP contribution in [0.3, 0.4) is 0 Å². The summed E-state index contributed by atoms with van der Waals surface area (Å²) in [4.78, 5) is 9.50. The monoisotopic (exact) mass is 539 g/mol. The van der Waals surface area contributed by atoms with Crippen LogP contribution in [-0.2, 0) is 6.42 Å². The number of piperazine rings is 1. The quantitative estimate of drug-likeness (QED) is 0.306. The highest BCUT2D eigenvalue weighted by atomic mass is 127. The van der Waals surface area contributed by atoms with Gasteiger partial charge in [-0.05, 0) is 31.2 Å². The van der Waals surface area contributed by atoms with E-state index in [4.69, 9.17) is 16.6 Å². The Kier molecular flexibility index (Phi) is 8.15. The number of aromatic nitrogens is 3. The Bertz CT molecular complexity index is 982. The fourth-order valence-corrected chi connectivity index (χ4v) is 3.87. The molecule has 3 aromatic rings. The van der Waals surface area contributed by atoms with Gasteiger partial charge in [-0.25, -0.2) is 0 Å². The third-order valence-electron chi connectivity index (χ3n) is 5.09. The molecule has 0 aliphatic carbocycles. The van der Waals surface area contributed by atoms with Gasteiger partial charge in [-0.15, -0.1) is 34.2 Å². The molecular weight excluding hydrogens is 513 g/mol. The van der Waals surface area contributed by atoms with Gasteiger partial charge in [0.25, 0.3) is 0 Å². The average Bonchev–Trinajstić information content (AvgIpc) is 3.17. The molecule has 0 saturated carbocycles. The molecule has 1 N–H and O–H groups in total. The molecule has 4 rings (SSSR count). The van der Waals surface area contributed by atoms with Crippen molar-refractivity contribution in [3.8, 4) is 0 Å². The van der Waals surface area contributed by atoms with E-state index in [0.29, 0.717) is 6.54 Å². The minimum atomic E-state index is 0. The number of fused-ring (bicyclic) bond motifs is 1. The van der Waals surface area contributed by atoms with E-state index in [1.54, 1.807) is 0 Å². The van der Waals surface area contributed by atoms with Crippen LogP contribution in [0.15, 0.2) is 53.7 Å². The van der Waals surface area contributed by atoms with Crippen LogP contribution in [0.2, 0.25) is 5.02 Å². The zero-order valence-electron chi connectivity index (χ0n) is 17.0. The van der Waals surface area contributed by atoms with Crippen molar-refractivity contribution in [3.63, 3.8) is 0 Å². The summed E-state index contributed by atoms with van der Waals surface area (Å²) >= 11 is 6.36. The van der Waals surface area contributed by atoms with Gasteiger partial charge in [-0.3, -0.25) is 9.39 Å². The zero-order chi connectivity index (χ0) is 20.1. The van der Waals surface area contributed by atoms with Gasteiger partial charge in [0, 0.05) is 51.9 Å². The van der Waals surface area contributed by atoms with Gasteiger partial charge in [0.05, 0.1) is 10.7 Å². The highest BCUT2D eigenvalue weighted by Crippen LogP contribution is 2.26. The standard InChI is InChI=1S/C21H26ClN7.HI/c1-2-23-21(24-11-10-20-26-25-19-9-5-6-12-29(19)20)28-15-13-27(14-16-28)18-8-4-3-7-17(18)22;/h3-9,12H,2,10-11,13-16H2,1H3,(H,23,24);1H. The van der Waals surface area contributed by atoms with Gasteiger partial charge in [0.1, 0.15) is 5.82 Å². The Morgan fingerprint density at radius 1 is 1.07 bits per heavy atom. The summed E-state index contributed by atoms with van der Waals surface area (Å²) in [6, 6.07) is 14.0. The Morgan fingerprint density at radius 2 is 1.83 bits per heavy atom. The summed E-state index contributed by atoms with van der Waals surface area (Å²) in [6.45, 7) is 7.27. The van der Waals surface area contributed by atoms with Crippen molar-refractivity contribution in [3.05, 3.63) is 59.5 Å². The van der Waals surface area contributed by atoms with Gasteiger partial charge in [0.15, 0.2) is 11.6 Å². The van der Waals surface area contributed by atoms with Crippen molar-refractivity contribution >= 4 is 52.9 Å². The molecule has 0 atom stereocenters. The second-order valence-electron chi connectivity index (χ2n) is 6.96. The van der Waals surface area contributed by atoms with E-state index in [1.165, 1.54) is 0 Å². The number of aliphatic imine (C=N–C) groups is 1. The molecule has 0 radical (unpaired) electrons. The highest BCUT2D eigenvalue weighted by molar-refractivity contribution is 14.0. The minimum Gasteiger partial charge on any atom is -0.367 e. The molecule has 1 aliphatic heterocycles. The lowest BCUT2D eigenvalue weighted by Gasteiger charge is -2.38. The van der Waals surface area contributed by atoms with Gasteiger partial charge < -0.3 is 15.1 Å². The first kappa shape index (κ1) is 22.6. The summed E-state index contributed by atoms with van der Waals surface area (Å²) in [5, 5.41) is 12.7. The van der Waals surface area contributed by atoms with E-state index >= 15 is 0 Å². The lowest BCUT2D eigenvalue weighted by atomic mass is 10.2. The molecule has 30 heavy (non-hydrogen) atoms. The average molecular weight is 540 g/mol. The number of anilines is 1. The number of pyridine rings is 1. The first-order chi connectivity index (χ1) is 14.3. The van der Waals surface area contributed by atoms with Crippen molar-refractivity contribution in [1.29, 1.82) is 0 Å². The van der Waals surface area contributed by atoms with E-state index < -0.39 is 0 Å². The van der Waals surface area contributed by atoms with Crippen molar-refractivity contribution in [2.45, 2.75) is 13.3 Å². The van der Waals surface area contributed by atoms with Crippen molar-refractivity contribution in [1.82, 2.24) is 24.8 Å². The molecule has 1 aromatic carbocycles. The summed E-state index contributed by atoms with van der Waals surface area (Å²) in [6.07, 6.45) is 2.74. The third-order valence-corrected chi connectivity index (χ3v) is 5.41. The molecule has 7 nitrogen and oxygen atoms in total. The van der Waals surface area contributed by atoms with Gasteiger partial charge >= 0.3 is 0 Å². The summed E-state index contributed by atoms with van der Waals surface area (Å²) in [5.41, 5.74) is 1.98. The van der Waals surface area contributed by atoms with Crippen molar-refractivity contribution < 1.29 is 0 Å². The van der Waals surface area contributed by atoms with Crippen LogP contribution in [0.5, 0.6) is 0 Å². The van der Waals surface area contributed by atoms with Crippen LogP contribution in [0.25, 0.3) is 5.65 Å². The maximum Gasteiger partial charge on any atom is 0.194 e. The van der Waals surface area contributed by atoms with E-state index in [2.05, 4.69) is 38.3 Å². The van der Waals surface area contributed by atoms with Crippen molar-refractivity contribution in [2.75, 3.05) is 44.2 Å². The van der Waals surface area contributed by atoms with Crippen LogP contribution in [0.1, 0.15) is 12.7 Å². The number of hydrogen-bond acceptors (Lipinski definition) is 4. The van der Waals surface area contributed by atoms with E-state index in [1.807, 2.05) is 47.0 Å². The fourth-order valence-electron chi connectivity index (χ4n) is 3.62. The van der Waals surface area contributed by atoms with Crippen LogP contribution >= 0.6 is 35.6 Å². The topological polar surface area (TPSA) is 61.1 Å². The molecule has 0 unspecified atom stereocenters. The largest absolute Gasteiger partial charge is 0.367 e. The maximum atomic E-state index is 6.36. The summed E-state index contributed by atoms with van der Waals surface area (Å²) in [7, 11) is 0. The molecule has 9 heteroatoms. The zero-order valence-corrected chi connectivity index (χ0v) is 20.1. The first-order valence-electron chi connectivity index (χ1n) is 10.1. The molecular formula is C21H27ClIN7. The molecule has 1 fully saturated rings. The van der Waals surface area contributed by atoms with Crippen molar-refractivity contribution in [2.24, 2.45) is 4.99 Å². The molecule has 1 saturated heterocycles. The summed E-state index contributed by atoms with van der Waals surface area (Å²) in [5.74, 6) is 1.89. The van der Waals surface area contributed by atoms with Crippen LogP contribution in [0, 0.1) is 0 Å². The van der Waals surface area contributed by atoms with E-state index in [9.17, 15) is 0 Å². The molecule has 3 heterocycles. The minimum absolute atomic E-state index is 0. The molecule has 2 aromatic heterocycles. The number of guanidine groups is 1. The van der Waals surface area contributed by atoms with Gasteiger partial charge in [0.2, 0.25) is 0 Å². The first-order valence-corrected chi connectivity index (χ1v) is 10.5. The van der Waals surface area contributed by atoms with Crippen LogP contribution in [-0.4, -0.2) is 64.7 Å². The predicted octanol–water partition coefficient (Wildman–Crippen LogP) is 3.33. The highest BCUT2D eigenvalue weighted by Gasteiger charge is 2.21. The molecule has 0 spiro atoms. The number of halogens is 2. The molecule has 0 amide bonds. The van der Waals surface area contributed by atoms with E-state index in [-0.39, 0.29) is 24.0 Å². The number of benzene rings is 1. The number of hydrogen-bond donors (Lipinski definition) is 1. The number of nitrogens with zero attached hydrogens (tertiary/aromatic N) is 6. The Balaban J connectivity index is 0.00000256. The Hall–Kier alpha value is -2.07. The second kappa shape index (κ2) is 10.8. The normalized spacial score (nSPS) is 14.7. The van der Waals surface area contributed by atoms with E-state index in [0.717, 1.165) is 67.3 Å². The molecule has 0 bridgehead atoms. The Labute approximate surface area is 199 Å². The maximum absolute atomic E-state index is 6.36. The molecule has 160 valence electrons. The summed E-state index contributed by atoms with van der Waals surface area (Å²) < 4.78 is 2.02. The lowest BCUT2D eigenvalue weighted by molar-refractivity contribution is 0.372. The smallest absolute Gasteiger partial charge is 0.194 e. The fraction of sp³-hybridized carbons (Fsp3) is 0.381. The molecule has 1 aliphatic rings. The lowest BCUT2D eigenvalue weighted by Crippen LogP contribution is -2.52. The SMILES string of the molecule is CCNC(=NCCc1nnc2ccccn12)N1CCN(c2ccccc2Cl)CC1.I. The Morgan fingerprint density at radius 3 is 2.60 bits per heavy atom. The number of rotatable bonds is 5.